The van der Waals surface area contributed by atoms with Crippen LogP contribution in [0.15, 0.2) is 30.3 Å². The summed E-state index contributed by atoms with van der Waals surface area (Å²) >= 11 is 0. The summed E-state index contributed by atoms with van der Waals surface area (Å²) in [5.74, 6) is 1.50. The highest BCUT2D eigenvalue weighted by atomic mass is 16.5. The Morgan fingerprint density at radius 1 is 1.04 bits per heavy atom. The fourth-order valence-electron chi connectivity index (χ4n) is 3.07. The Labute approximate surface area is 156 Å². The van der Waals surface area contributed by atoms with Crippen molar-refractivity contribution in [1.82, 2.24) is 5.32 Å². The summed E-state index contributed by atoms with van der Waals surface area (Å²) in [6, 6.07) is 10.0. The third kappa shape index (κ3) is 4.78. The van der Waals surface area contributed by atoms with E-state index in [1.165, 1.54) is 5.56 Å². The molecule has 0 aliphatic heterocycles. The summed E-state index contributed by atoms with van der Waals surface area (Å²) in [6.45, 7) is 10.2. The van der Waals surface area contributed by atoms with Gasteiger partial charge in [0.15, 0.2) is 6.61 Å². The molecule has 0 spiro atoms. The molecular formula is C22H29NO3. The van der Waals surface area contributed by atoms with Crippen molar-refractivity contribution in [2.45, 2.75) is 47.1 Å². The van der Waals surface area contributed by atoms with E-state index in [9.17, 15) is 4.79 Å². The number of amides is 1. The molecule has 26 heavy (non-hydrogen) atoms. The average Bonchev–Trinajstić information content (AvgIpc) is 2.61. The van der Waals surface area contributed by atoms with Crippen LogP contribution in [0.25, 0.3) is 0 Å². The Morgan fingerprint density at radius 3 is 2.38 bits per heavy atom. The molecule has 1 N–H and O–H groups in total. The highest BCUT2D eigenvalue weighted by molar-refractivity contribution is 5.78. The topological polar surface area (TPSA) is 47.6 Å². The second-order valence-electron chi connectivity index (χ2n) is 6.75. The number of nitrogens with one attached hydrogen (secondary N) is 1. The van der Waals surface area contributed by atoms with Gasteiger partial charge in [0, 0.05) is 0 Å². The van der Waals surface area contributed by atoms with Gasteiger partial charge < -0.3 is 14.8 Å². The molecule has 0 fully saturated rings. The van der Waals surface area contributed by atoms with Gasteiger partial charge >= 0.3 is 0 Å². The molecule has 0 bridgehead atoms. The molecule has 1 unspecified atom stereocenters. The minimum atomic E-state index is -0.121. The van der Waals surface area contributed by atoms with Crippen LogP contribution in [-0.4, -0.2) is 19.6 Å². The largest absolute Gasteiger partial charge is 0.496 e. The van der Waals surface area contributed by atoms with Crippen LogP contribution in [0, 0.1) is 27.7 Å². The van der Waals surface area contributed by atoms with Crippen molar-refractivity contribution in [2.75, 3.05) is 13.7 Å². The lowest BCUT2D eigenvalue weighted by Crippen LogP contribution is -2.32. The van der Waals surface area contributed by atoms with Gasteiger partial charge in [-0.05, 0) is 74.1 Å². The molecule has 1 atom stereocenters. The van der Waals surface area contributed by atoms with E-state index >= 15 is 0 Å². The minimum Gasteiger partial charge on any atom is -0.496 e. The van der Waals surface area contributed by atoms with E-state index in [0.29, 0.717) is 0 Å². The van der Waals surface area contributed by atoms with Crippen molar-refractivity contribution in [2.24, 2.45) is 0 Å². The number of hydrogen-bond acceptors (Lipinski definition) is 3. The average molecular weight is 355 g/mol. The molecule has 0 aliphatic carbocycles. The molecule has 0 saturated carbocycles. The van der Waals surface area contributed by atoms with Crippen molar-refractivity contribution in [3.8, 4) is 11.5 Å². The number of aryl methyl sites for hydroxylation is 3. The predicted molar refractivity (Wildman–Crippen MR) is 105 cm³/mol. The summed E-state index contributed by atoms with van der Waals surface area (Å²) in [4.78, 5) is 12.4. The number of carbonyl (C=O) groups is 1. The Morgan fingerprint density at radius 2 is 1.77 bits per heavy atom. The molecule has 0 aliphatic rings. The van der Waals surface area contributed by atoms with Crippen LogP contribution in [0.1, 0.15) is 47.2 Å². The Balaban J connectivity index is 2.02. The standard InChI is InChI=1S/C22H29NO3/c1-7-19(18-8-9-20(25-6)16(4)12-18)23-22(24)13-26-21-11-14(2)10-15(3)17(21)5/h8-12,19H,7,13H2,1-6H3,(H,23,24). The van der Waals surface area contributed by atoms with Gasteiger partial charge in [-0.2, -0.15) is 0 Å². The van der Waals surface area contributed by atoms with Crippen LogP contribution in [0.2, 0.25) is 0 Å². The second-order valence-corrected chi connectivity index (χ2v) is 6.75. The van der Waals surface area contributed by atoms with Gasteiger partial charge in [0.05, 0.1) is 13.2 Å². The Kier molecular flexibility index (Phi) is 6.67. The van der Waals surface area contributed by atoms with Crippen molar-refractivity contribution >= 4 is 5.91 Å². The lowest BCUT2D eigenvalue weighted by atomic mass is 10.0. The molecule has 0 radical (unpaired) electrons. The zero-order valence-electron chi connectivity index (χ0n) is 16.6. The predicted octanol–water partition coefficient (Wildman–Crippen LogP) is 4.58. The maximum Gasteiger partial charge on any atom is 0.258 e. The number of carbonyl (C=O) groups excluding carboxylic acids is 1. The van der Waals surface area contributed by atoms with Gasteiger partial charge in [0.1, 0.15) is 11.5 Å². The Hall–Kier alpha value is -2.49. The zero-order chi connectivity index (χ0) is 19.3. The number of ether oxygens (including phenoxy) is 2. The second kappa shape index (κ2) is 8.75. The van der Waals surface area contributed by atoms with Crippen LogP contribution in [0.5, 0.6) is 11.5 Å². The number of methoxy groups -OCH3 is 1. The van der Waals surface area contributed by atoms with Gasteiger partial charge in [-0.15, -0.1) is 0 Å². The van der Waals surface area contributed by atoms with Gasteiger partial charge in [0.25, 0.3) is 5.91 Å². The first-order chi connectivity index (χ1) is 12.3. The van der Waals surface area contributed by atoms with E-state index in [1.807, 2.05) is 45.9 Å². The maximum absolute atomic E-state index is 12.4. The summed E-state index contributed by atoms with van der Waals surface area (Å²) < 4.78 is 11.1. The van der Waals surface area contributed by atoms with Crippen LogP contribution in [0.3, 0.4) is 0 Å². The van der Waals surface area contributed by atoms with E-state index in [-0.39, 0.29) is 18.6 Å². The van der Waals surface area contributed by atoms with Gasteiger partial charge in [0.2, 0.25) is 0 Å². The summed E-state index contributed by atoms with van der Waals surface area (Å²) in [6.07, 6.45) is 0.806. The lowest BCUT2D eigenvalue weighted by Gasteiger charge is -2.19. The first-order valence-corrected chi connectivity index (χ1v) is 9.00. The van der Waals surface area contributed by atoms with E-state index < -0.39 is 0 Å². The zero-order valence-corrected chi connectivity index (χ0v) is 16.6. The summed E-state index contributed by atoms with van der Waals surface area (Å²) in [7, 11) is 1.66. The van der Waals surface area contributed by atoms with Crippen LogP contribution in [0.4, 0.5) is 0 Å². The van der Waals surface area contributed by atoms with Crippen molar-refractivity contribution in [3.63, 3.8) is 0 Å². The molecule has 2 aromatic rings. The summed E-state index contributed by atoms with van der Waals surface area (Å²) in [5, 5.41) is 3.06. The third-order valence-electron chi connectivity index (χ3n) is 4.69. The number of benzene rings is 2. The monoisotopic (exact) mass is 355 g/mol. The molecule has 2 aromatic carbocycles. The van der Waals surface area contributed by atoms with E-state index in [4.69, 9.17) is 9.47 Å². The molecule has 1 amide bonds. The van der Waals surface area contributed by atoms with Crippen molar-refractivity contribution in [1.29, 1.82) is 0 Å². The number of hydrogen-bond donors (Lipinski definition) is 1. The van der Waals surface area contributed by atoms with Gasteiger partial charge in [-0.3, -0.25) is 4.79 Å². The summed E-state index contributed by atoms with van der Waals surface area (Å²) in [5.41, 5.74) is 5.49. The van der Waals surface area contributed by atoms with Gasteiger partial charge in [-0.25, -0.2) is 0 Å². The van der Waals surface area contributed by atoms with Crippen LogP contribution >= 0.6 is 0 Å². The molecule has 4 heteroatoms. The Bertz CT molecular complexity index is 783. The first kappa shape index (κ1) is 19.8. The third-order valence-corrected chi connectivity index (χ3v) is 4.69. The van der Waals surface area contributed by atoms with Crippen LogP contribution in [-0.2, 0) is 4.79 Å². The molecule has 0 heterocycles. The molecule has 2 rings (SSSR count). The van der Waals surface area contributed by atoms with E-state index in [0.717, 1.165) is 40.2 Å². The van der Waals surface area contributed by atoms with Crippen molar-refractivity contribution < 1.29 is 14.3 Å². The van der Waals surface area contributed by atoms with E-state index in [2.05, 4.69) is 24.4 Å². The SMILES string of the molecule is CCC(NC(=O)COc1cc(C)cc(C)c1C)c1ccc(OC)c(C)c1. The lowest BCUT2D eigenvalue weighted by molar-refractivity contribution is -0.123. The van der Waals surface area contributed by atoms with Crippen LogP contribution < -0.4 is 14.8 Å². The highest BCUT2D eigenvalue weighted by Gasteiger charge is 2.15. The molecular weight excluding hydrogens is 326 g/mol. The fraction of sp³-hybridized carbons (Fsp3) is 0.409. The molecule has 0 saturated heterocycles. The number of rotatable bonds is 7. The molecule has 4 nitrogen and oxygen atoms in total. The maximum atomic E-state index is 12.4. The normalized spacial score (nSPS) is 11.8. The molecule has 140 valence electrons. The fourth-order valence-corrected chi connectivity index (χ4v) is 3.07. The smallest absolute Gasteiger partial charge is 0.258 e. The van der Waals surface area contributed by atoms with Gasteiger partial charge in [-0.1, -0.05) is 25.1 Å². The quantitative estimate of drug-likeness (QED) is 0.791. The molecule has 0 aromatic heterocycles. The first-order valence-electron chi connectivity index (χ1n) is 9.00. The highest BCUT2D eigenvalue weighted by Crippen LogP contribution is 2.25. The van der Waals surface area contributed by atoms with Crippen molar-refractivity contribution in [3.05, 3.63) is 58.1 Å². The minimum absolute atomic E-state index is 0.00930. The van der Waals surface area contributed by atoms with E-state index in [1.54, 1.807) is 7.11 Å².